The van der Waals surface area contributed by atoms with Crippen LogP contribution in [0.5, 0.6) is 0 Å². The smallest absolute Gasteiger partial charge is 0.0343 e. The van der Waals surface area contributed by atoms with Crippen molar-refractivity contribution in [3.63, 3.8) is 0 Å². The lowest BCUT2D eigenvalue weighted by molar-refractivity contribution is 1.36. The van der Waals surface area contributed by atoms with Crippen LogP contribution in [0.4, 0.5) is 0 Å². The number of hydrogen-bond donors (Lipinski definition) is 0. The van der Waals surface area contributed by atoms with Gasteiger partial charge >= 0.3 is 0 Å². The number of hydrogen-bond acceptors (Lipinski definition) is 0. The van der Waals surface area contributed by atoms with Gasteiger partial charge in [0, 0.05) is 6.42 Å². The molecule has 4 rings (SSSR count). The summed E-state index contributed by atoms with van der Waals surface area (Å²) >= 11 is 0. The first-order valence-corrected chi connectivity index (χ1v) is 6.47. The average molecular weight is 240 g/mol. The van der Waals surface area contributed by atoms with Crippen LogP contribution in [0.1, 0.15) is 5.56 Å². The molecule has 4 aromatic carbocycles. The summed E-state index contributed by atoms with van der Waals surface area (Å²) in [6, 6.07) is 19.6. The third kappa shape index (κ3) is 1.36. The highest BCUT2D eigenvalue weighted by atomic mass is 14.1. The van der Waals surface area contributed by atoms with E-state index in [4.69, 9.17) is 6.42 Å². The van der Waals surface area contributed by atoms with Crippen molar-refractivity contribution in [2.24, 2.45) is 0 Å². The molecule has 19 heavy (non-hydrogen) atoms. The van der Waals surface area contributed by atoms with Crippen molar-refractivity contribution in [2.75, 3.05) is 0 Å². The Morgan fingerprint density at radius 2 is 1.37 bits per heavy atom. The summed E-state index contributed by atoms with van der Waals surface area (Å²) in [7, 11) is 0. The van der Waals surface area contributed by atoms with Gasteiger partial charge in [-0.3, -0.25) is 0 Å². The zero-order valence-corrected chi connectivity index (χ0v) is 10.5. The number of terminal acetylenes is 1. The maximum Gasteiger partial charge on any atom is 0.0343 e. The molecular formula is C19H12. The molecule has 0 radical (unpaired) electrons. The Morgan fingerprint density at radius 3 is 2.11 bits per heavy atom. The maximum absolute atomic E-state index is 5.48. The second-order valence-electron chi connectivity index (χ2n) is 4.96. The summed E-state index contributed by atoms with van der Waals surface area (Å²) in [6.45, 7) is 0. The Morgan fingerprint density at radius 1 is 0.737 bits per heavy atom. The highest BCUT2D eigenvalue weighted by molar-refractivity contribution is 6.23. The van der Waals surface area contributed by atoms with E-state index in [9.17, 15) is 0 Å². The molecule has 0 heteroatoms. The van der Waals surface area contributed by atoms with Gasteiger partial charge in [-0.05, 0) is 37.9 Å². The molecular weight excluding hydrogens is 228 g/mol. The lowest BCUT2D eigenvalue weighted by Crippen LogP contribution is -1.88. The predicted molar refractivity (Wildman–Crippen MR) is 82.7 cm³/mol. The van der Waals surface area contributed by atoms with Crippen LogP contribution in [-0.2, 0) is 6.42 Å². The van der Waals surface area contributed by atoms with Crippen LogP contribution in [0.3, 0.4) is 0 Å². The summed E-state index contributed by atoms with van der Waals surface area (Å²) in [5.74, 6) is 2.76. The van der Waals surface area contributed by atoms with Gasteiger partial charge in [-0.2, -0.15) is 0 Å². The van der Waals surface area contributed by atoms with E-state index in [1.165, 1.54) is 37.9 Å². The van der Waals surface area contributed by atoms with Crippen LogP contribution >= 0.6 is 0 Å². The highest BCUT2D eigenvalue weighted by Gasteiger charge is 2.09. The fourth-order valence-electron chi connectivity index (χ4n) is 3.06. The molecule has 0 spiro atoms. The largest absolute Gasteiger partial charge is 0.120 e. The Kier molecular flexibility index (Phi) is 2.05. The molecule has 0 unspecified atom stereocenters. The first kappa shape index (κ1) is 10.4. The molecule has 0 aliphatic rings. The minimum absolute atomic E-state index is 0.689. The van der Waals surface area contributed by atoms with E-state index < -0.39 is 0 Å². The molecule has 4 aromatic rings. The fourth-order valence-corrected chi connectivity index (χ4v) is 3.06. The van der Waals surface area contributed by atoms with Gasteiger partial charge in [-0.1, -0.05) is 54.6 Å². The van der Waals surface area contributed by atoms with Gasteiger partial charge in [-0.25, -0.2) is 0 Å². The molecule has 0 aliphatic carbocycles. The molecule has 0 N–H and O–H groups in total. The van der Waals surface area contributed by atoms with E-state index in [-0.39, 0.29) is 0 Å². The second-order valence-corrected chi connectivity index (χ2v) is 4.96. The van der Waals surface area contributed by atoms with E-state index in [2.05, 4.69) is 60.5 Å². The maximum atomic E-state index is 5.48. The molecule has 0 saturated carbocycles. The SMILES string of the molecule is C#CCc1ccc2ccc3cccc4ccc1c2c34. The molecule has 0 heterocycles. The van der Waals surface area contributed by atoms with Crippen molar-refractivity contribution >= 4 is 32.3 Å². The van der Waals surface area contributed by atoms with Crippen LogP contribution in [0.2, 0.25) is 0 Å². The van der Waals surface area contributed by atoms with Crippen LogP contribution in [-0.4, -0.2) is 0 Å². The second kappa shape index (κ2) is 3.73. The summed E-state index contributed by atoms with van der Waals surface area (Å²) in [5, 5.41) is 7.89. The van der Waals surface area contributed by atoms with E-state index in [0.29, 0.717) is 6.42 Å². The number of rotatable bonds is 1. The van der Waals surface area contributed by atoms with Gasteiger partial charge < -0.3 is 0 Å². The first-order valence-electron chi connectivity index (χ1n) is 6.47. The molecule has 0 aliphatic heterocycles. The van der Waals surface area contributed by atoms with E-state index in [1.807, 2.05) is 0 Å². The molecule has 0 amide bonds. The van der Waals surface area contributed by atoms with Gasteiger partial charge in [0.25, 0.3) is 0 Å². The van der Waals surface area contributed by atoms with Crippen molar-refractivity contribution in [1.29, 1.82) is 0 Å². The van der Waals surface area contributed by atoms with Crippen molar-refractivity contribution < 1.29 is 0 Å². The minimum atomic E-state index is 0.689. The first-order chi connectivity index (χ1) is 9.38. The van der Waals surface area contributed by atoms with Crippen molar-refractivity contribution in [3.8, 4) is 12.3 Å². The van der Waals surface area contributed by atoms with Crippen molar-refractivity contribution in [3.05, 3.63) is 60.2 Å². The van der Waals surface area contributed by atoms with Gasteiger partial charge in [0.1, 0.15) is 0 Å². The third-order valence-corrected chi connectivity index (χ3v) is 3.91. The normalized spacial score (nSPS) is 11.3. The molecule has 0 nitrogen and oxygen atoms in total. The monoisotopic (exact) mass is 240 g/mol. The predicted octanol–water partition coefficient (Wildman–Crippen LogP) is 4.76. The molecule has 0 saturated heterocycles. The molecule has 0 bridgehead atoms. The van der Waals surface area contributed by atoms with Crippen LogP contribution in [0, 0.1) is 12.3 Å². The topological polar surface area (TPSA) is 0 Å². The van der Waals surface area contributed by atoms with E-state index in [0.717, 1.165) is 0 Å². The lowest BCUT2D eigenvalue weighted by Gasteiger charge is -2.12. The Hall–Kier alpha value is -2.52. The van der Waals surface area contributed by atoms with Gasteiger partial charge in [0.15, 0.2) is 0 Å². The summed E-state index contributed by atoms with van der Waals surface area (Å²) in [5.41, 5.74) is 1.24. The van der Waals surface area contributed by atoms with Gasteiger partial charge in [0.2, 0.25) is 0 Å². The Balaban J connectivity index is 2.32. The molecule has 0 aromatic heterocycles. The van der Waals surface area contributed by atoms with Crippen molar-refractivity contribution in [2.45, 2.75) is 6.42 Å². The average Bonchev–Trinajstić information content (AvgIpc) is 2.46. The number of benzene rings is 4. The zero-order chi connectivity index (χ0) is 12.8. The highest BCUT2D eigenvalue weighted by Crippen LogP contribution is 2.35. The lowest BCUT2D eigenvalue weighted by atomic mass is 9.91. The summed E-state index contributed by atoms with van der Waals surface area (Å²) in [6.07, 6.45) is 6.17. The van der Waals surface area contributed by atoms with Crippen molar-refractivity contribution in [1.82, 2.24) is 0 Å². The third-order valence-electron chi connectivity index (χ3n) is 3.91. The van der Waals surface area contributed by atoms with E-state index >= 15 is 0 Å². The molecule has 0 atom stereocenters. The van der Waals surface area contributed by atoms with Gasteiger partial charge in [0.05, 0.1) is 0 Å². The molecule has 0 fully saturated rings. The Labute approximate surface area is 112 Å². The molecule has 88 valence electrons. The standard InChI is InChI=1S/C19H12/c1-2-4-13-7-8-16-10-9-14-5-3-6-15-11-12-17(13)19(16)18(14)15/h1,3,5-12H,4H2. The minimum Gasteiger partial charge on any atom is -0.120 e. The zero-order valence-electron chi connectivity index (χ0n) is 10.5. The van der Waals surface area contributed by atoms with Gasteiger partial charge in [-0.15, -0.1) is 12.3 Å². The van der Waals surface area contributed by atoms with Crippen LogP contribution < -0.4 is 0 Å². The summed E-state index contributed by atoms with van der Waals surface area (Å²) < 4.78 is 0. The fraction of sp³-hybridized carbons (Fsp3) is 0.0526. The van der Waals surface area contributed by atoms with Crippen LogP contribution in [0.15, 0.2) is 54.6 Å². The summed E-state index contributed by atoms with van der Waals surface area (Å²) in [4.78, 5) is 0. The quantitative estimate of drug-likeness (QED) is 0.332. The van der Waals surface area contributed by atoms with Crippen LogP contribution in [0.25, 0.3) is 32.3 Å². The van der Waals surface area contributed by atoms with E-state index in [1.54, 1.807) is 0 Å². The Bertz CT molecular complexity index is 923.